The van der Waals surface area contributed by atoms with Crippen molar-refractivity contribution in [3.05, 3.63) is 24.3 Å². The van der Waals surface area contributed by atoms with Gasteiger partial charge in [0.15, 0.2) is 5.96 Å². The Morgan fingerprint density at radius 3 is 2.41 bits per heavy atom. The van der Waals surface area contributed by atoms with E-state index < -0.39 is 0 Å². The molecule has 0 spiro atoms. The van der Waals surface area contributed by atoms with Crippen molar-refractivity contribution in [3.63, 3.8) is 0 Å². The number of likely N-dealkylation sites (tertiary alicyclic amines) is 1. The van der Waals surface area contributed by atoms with Gasteiger partial charge in [-0.25, -0.2) is 0 Å². The van der Waals surface area contributed by atoms with E-state index in [1.807, 2.05) is 25.2 Å². The first-order chi connectivity index (χ1) is 12.7. The number of para-hydroxylation sites is 2. The first kappa shape index (κ1) is 22.1. The van der Waals surface area contributed by atoms with Gasteiger partial charge in [-0.05, 0) is 44.0 Å². The topological polar surface area (TPSA) is 54.3 Å². The molecule has 2 fully saturated rings. The molecule has 0 bridgehead atoms. The highest BCUT2D eigenvalue weighted by Gasteiger charge is 2.21. The molecule has 0 unspecified atom stereocenters. The van der Waals surface area contributed by atoms with Crippen LogP contribution in [0.3, 0.4) is 0 Å². The van der Waals surface area contributed by atoms with Gasteiger partial charge in [-0.1, -0.05) is 19.1 Å². The van der Waals surface area contributed by atoms with E-state index in [2.05, 4.69) is 31.9 Å². The lowest BCUT2D eigenvalue weighted by Crippen LogP contribution is -2.53. The maximum Gasteiger partial charge on any atom is 0.193 e. The molecular formula is C20H34IN5O. The number of phenolic OH excluding ortho intramolecular Hbond substituents is 1. The molecule has 27 heavy (non-hydrogen) atoms. The van der Waals surface area contributed by atoms with Crippen LogP contribution in [0.15, 0.2) is 29.3 Å². The predicted molar refractivity (Wildman–Crippen MR) is 124 cm³/mol. The van der Waals surface area contributed by atoms with Gasteiger partial charge >= 0.3 is 0 Å². The fourth-order valence-electron chi connectivity index (χ4n) is 3.83. The molecule has 1 aromatic rings. The number of benzene rings is 1. The number of hydrogen-bond donors (Lipinski definition) is 2. The molecule has 0 amide bonds. The SMILES string of the molecule is CN=C(NCCN1CCC(C)CC1)N1CCN(c2ccccc2O)CC1.I. The highest BCUT2D eigenvalue weighted by molar-refractivity contribution is 14.0. The Bertz CT molecular complexity index is 596. The van der Waals surface area contributed by atoms with Gasteiger partial charge in [-0.2, -0.15) is 0 Å². The zero-order valence-corrected chi connectivity index (χ0v) is 18.9. The van der Waals surface area contributed by atoms with Crippen LogP contribution >= 0.6 is 24.0 Å². The summed E-state index contributed by atoms with van der Waals surface area (Å²) in [7, 11) is 1.86. The second-order valence-electron chi connectivity index (χ2n) is 7.46. The van der Waals surface area contributed by atoms with Crippen LogP contribution in [0.25, 0.3) is 0 Å². The molecule has 0 aromatic heterocycles. The first-order valence-corrected chi connectivity index (χ1v) is 9.88. The van der Waals surface area contributed by atoms with Crippen molar-refractivity contribution in [2.45, 2.75) is 19.8 Å². The molecule has 2 heterocycles. The summed E-state index contributed by atoms with van der Waals surface area (Å²) in [5.74, 6) is 2.24. The third-order valence-electron chi connectivity index (χ3n) is 5.60. The zero-order chi connectivity index (χ0) is 18.4. The Balaban J connectivity index is 0.00000261. The number of nitrogens with one attached hydrogen (secondary N) is 1. The number of piperidine rings is 1. The number of halogens is 1. The molecule has 3 rings (SSSR count). The lowest BCUT2D eigenvalue weighted by molar-refractivity contribution is 0.194. The Hall–Kier alpha value is -1.22. The van der Waals surface area contributed by atoms with E-state index in [4.69, 9.17) is 0 Å². The number of aliphatic imine (C=N–C) groups is 1. The van der Waals surface area contributed by atoms with Crippen molar-refractivity contribution in [1.82, 2.24) is 15.1 Å². The standard InChI is InChI=1S/C20H33N5O.HI/c1-17-7-10-23(11-8-17)12-9-22-20(21-2)25-15-13-24(14-16-25)18-5-3-4-6-19(18)26;/h3-6,17,26H,7-16H2,1-2H3,(H,21,22);1H. The minimum atomic E-state index is 0. The fraction of sp³-hybridized carbons (Fsp3) is 0.650. The van der Waals surface area contributed by atoms with Crippen LogP contribution in [0.1, 0.15) is 19.8 Å². The summed E-state index contributed by atoms with van der Waals surface area (Å²) in [4.78, 5) is 11.6. The molecule has 1 aromatic carbocycles. The summed E-state index contributed by atoms with van der Waals surface area (Å²) >= 11 is 0. The van der Waals surface area contributed by atoms with E-state index >= 15 is 0 Å². The van der Waals surface area contributed by atoms with Crippen molar-refractivity contribution in [2.75, 3.05) is 64.3 Å². The quantitative estimate of drug-likeness (QED) is 0.388. The smallest absolute Gasteiger partial charge is 0.193 e. The lowest BCUT2D eigenvalue weighted by Gasteiger charge is -2.38. The highest BCUT2D eigenvalue weighted by atomic mass is 127. The van der Waals surface area contributed by atoms with Gasteiger partial charge in [0.1, 0.15) is 5.75 Å². The summed E-state index contributed by atoms with van der Waals surface area (Å²) in [6, 6.07) is 7.58. The van der Waals surface area contributed by atoms with E-state index in [-0.39, 0.29) is 24.0 Å². The van der Waals surface area contributed by atoms with E-state index in [9.17, 15) is 5.11 Å². The molecular weight excluding hydrogens is 453 g/mol. The molecule has 2 aliphatic heterocycles. The molecule has 2 saturated heterocycles. The third kappa shape index (κ3) is 6.14. The Morgan fingerprint density at radius 1 is 1.11 bits per heavy atom. The largest absolute Gasteiger partial charge is 0.506 e. The van der Waals surface area contributed by atoms with Crippen LogP contribution in [0.2, 0.25) is 0 Å². The highest BCUT2D eigenvalue weighted by Crippen LogP contribution is 2.27. The molecule has 152 valence electrons. The average Bonchev–Trinajstić information content (AvgIpc) is 2.67. The van der Waals surface area contributed by atoms with E-state index in [0.29, 0.717) is 5.75 Å². The number of rotatable bonds is 4. The second-order valence-corrected chi connectivity index (χ2v) is 7.46. The maximum atomic E-state index is 10.0. The second kappa shape index (κ2) is 10.9. The van der Waals surface area contributed by atoms with Gasteiger partial charge in [0.05, 0.1) is 5.69 Å². The average molecular weight is 487 g/mol. The fourth-order valence-corrected chi connectivity index (χ4v) is 3.83. The number of guanidine groups is 1. The van der Waals surface area contributed by atoms with Crippen molar-refractivity contribution < 1.29 is 5.11 Å². The first-order valence-electron chi connectivity index (χ1n) is 9.88. The van der Waals surface area contributed by atoms with Gasteiger partial charge in [0.2, 0.25) is 0 Å². The number of anilines is 1. The van der Waals surface area contributed by atoms with Crippen LogP contribution < -0.4 is 10.2 Å². The third-order valence-corrected chi connectivity index (χ3v) is 5.60. The normalized spacial score (nSPS) is 19.7. The van der Waals surface area contributed by atoms with Gasteiger partial charge in [0, 0.05) is 46.3 Å². The van der Waals surface area contributed by atoms with Crippen molar-refractivity contribution >= 4 is 35.6 Å². The van der Waals surface area contributed by atoms with Crippen LogP contribution in [0.5, 0.6) is 5.75 Å². The molecule has 6 nitrogen and oxygen atoms in total. The van der Waals surface area contributed by atoms with Gasteiger partial charge in [0.25, 0.3) is 0 Å². The summed E-state index contributed by atoms with van der Waals surface area (Å²) in [5, 5.41) is 13.6. The van der Waals surface area contributed by atoms with Crippen molar-refractivity contribution in [1.29, 1.82) is 0 Å². The predicted octanol–water partition coefficient (Wildman–Crippen LogP) is 2.44. The number of nitrogens with zero attached hydrogens (tertiary/aromatic N) is 4. The summed E-state index contributed by atoms with van der Waals surface area (Å²) in [6.07, 6.45) is 2.64. The monoisotopic (exact) mass is 487 g/mol. The molecule has 2 aliphatic rings. The minimum Gasteiger partial charge on any atom is -0.506 e. The molecule has 7 heteroatoms. The van der Waals surface area contributed by atoms with Crippen molar-refractivity contribution in [2.24, 2.45) is 10.9 Å². The van der Waals surface area contributed by atoms with Crippen LogP contribution in [-0.4, -0.2) is 80.3 Å². The van der Waals surface area contributed by atoms with Crippen LogP contribution in [0, 0.1) is 5.92 Å². The van der Waals surface area contributed by atoms with Crippen LogP contribution in [-0.2, 0) is 0 Å². The molecule has 0 radical (unpaired) electrons. The molecule has 2 N–H and O–H groups in total. The number of phenols is 1. The van der Waals surface area contributed by atoms with Gasteiger partial charge in [-0.3, -0.25) is 4.99 Å². The Morgan fingerprint density at radius 2 is 1.78 bits per heavy atom. The lowest BCUT2D eigenvalue weighted by atomic mass is 9.99. The Kier molecular flexibility index (Phi) is 8.95. The van der Waals surface area contributed by atoms with Gasteiger partial charge < -0.3 is 25.1 Å². The van der Waals surface area contributed by atoms with E-state index in [1.54, 1.807) is 6.07 Å². The van der Waals surface area contributed by atoms with Crippen molar-refractivity contribution in [3.8, 4) is 5.75 Å². The van der Waals surface area contributed by atoms with Gasteiger partial charge in [-0.15, -0.1) is 24.0 Å². The summed E-state index contributed by atoms with van der Waals surface area (Å²) in [6.45, 7) is 10.4. The minimum absolute atomic E-state index is 0. The summed E-state index contributed by atoms with van der Waals surface area (Å²) < 4.78 is 0. The van der Waals surface area contributed by atoms with E-state index in [0.717, 1.165) is 56.8 Å². The zero-order valence-electron chi connectivity index (χ0n) is 16.6. The number of piperazine rings is 1. The molecule has 0 aliphatic carbocycles. The summed E-state index contributed by atoms with van der Waals surface area (Å²) in [5.41, 5.74) is 0.925. The number of aromatic hydroxyl groups is 1. The van der Waals surface area contributed by atoms with Crippen LogP contribution in [0.4, 0.5) is 5.69 Å². The molecule has 0 atom stereocenters. The number of hydrogen-bond acceptors (Lipinski definition) is 4. The van der Waals surface area contributed by atoms with E-state index in [1.165, 1.54) is 25.9 Å². The molecule has 0 saturated carbocycles. The Labute approximate surface area is 180 Å². The maximum absolute atomic E-state index is 10.0.